The fourth-order valence-electron chi connectivity index (χ4n) is 1.06. The summed E-state index contributed by atoms with van der Waals surface area (Å²) in [4.78, 5) is 0. The Morgan fingerprint density at radius 3 is 1.86 bits per heavy atom. The molecule has 0 N–H and O–H groups in total. The molecule has 0 fully saturated rings. The molecule has 0 saturated carbocycles. The van der Waals surface area contributed by atoms with Gasteiger partial charge in [0.15, 0.2) is 0 Å². The van der Waals surface area contributed by atoms with E-state index in [1.807, 2.05) is 13.8 Å². The van der Waals surface area contributed by atoms with Gasteiger partial charge in [-0.15, -0.1) is 11.6 Å². The van der Waals surface area contributed by atoms with Crippen molar-refractivity contribution < 1.29 is 17.9 Å². The first kappa shape index (κ1) is 14.0. The van der Waals surface area contributed by atoms with Gasteiger partial charge in [-0.3, -0.25) is 0 Å². The summed E-state index contributed by atoms with van der Waals surface area (Å²) < 4.78 is 40.0. The number of rotatable bonds is 6. The van der Waals surface area contributed by atoms with Crippen molar-refractivity contribution >= 4 is 11.6 Å². The van der Waals surface area contributed by atoms with Gasteiger partial charge in [-0.1, -0.05) is 13.8 Å². The third-order valence-electron chi connectivity index (χ3n) is 2.46. The van der Waals surface area contributed by atoms with E-state index in [1.54, 1.807) is 0 Å². The lowest BCUT2D eigenvalue weighted by Crippen LogP contribution is -2.30. The lowest BCUT2D eigenvalue weighted by molar-refractivity contribution is -0.180. The van der Waals surface area contributed by atoms with Crippen LogP contribution in [0.25, 0.3) is 0 Å². The van der Waals surface area contributed by atoms with Gasteiger partial charge in [0.05, 0.1) is 6.61 Å². The fourth-order valence-corrected chi connectivity index (χ4v) is 1.52. The van der Waals surface area contributed by atoms with Crippen molar-refractivity contribution in [3.63, 3.8) is 0 Å². The van der Waals surface area contributed by atoms with Gasteiger partial charge in [0.1, 0.15) is 6.61 Å². The quantitative estimate of drug-likeness (QED) is 0.636. The Morgan fingerprint density at radius 1 is 1.07 bits per heavy atom. The zero-order chi connectivity index (χ0) is 11.2. The molecule has 0 aliphatic rings. The molecule has 0 unspecified atom stereocenters. The molecule has 0 rings (SSSR count). The minimum atomic E-state index is -4.25. The second-order valence-electron chi connectivity index (χ2n) is 3.45. The minimum absolute atomic E-state index is 0.0724. The largest absolute Gasteiger partial charge is 0.411 e. The first-order valence-corrected chi connectivity index (χ1v) is 5.13. The average molecular weight is 233 g/mol. The monoisotopic (exact) mass is 232 g/mol. The third-order valence-corrected chi connectivity index (χ3v) is 3.02. The Kier molecular flexibility index (Phi) is 5.83. The van der Waals surface area contributed by atoms with Gasteiger partial charge in [0.25, 0.3) is 0 Å². The number of hydrogen-bond donors (Lipinski definition) is 0. The molecule has 0 bridgehead atoms. The van der Waals surface area contributed by atoms with Crippen LogP contribution in [0.3, 0.4) is 0 Å². The molecule has 0 radical (unpaired) electrons. The lowest BCUT2D eigenvalue weighted by Gasteiger charge is -2.28. The molecule has 5 heteroatoms. The van der Waals surface area contributed by atoms with E-state index >= 15 is 0 Å². The Bertz CT molecular complexity index is 146. The summed E-state index contributed by atoms with van der Waals surface area (Å²) in [7, 11) is 0. The van der Waals surface area contributed by atoms with E-state index in [0.29, 0.717) is 5.88 Å². The molecule has 0 aliphatic carbocycles. The highest BCUT2D eigenvalue weighted by Gasteiger charge is 2.31. The lowest BCUT2D eigenvalue weighted by atomic mass is 9.85. The fraction of sp³-hybridized carbons (Fsp3) is 1.00. The molecule has 0 atom stereocenters. The van der Waals surface area contributed by atoms with Crippen molar-refractivity contribution in [1.29, 1.82) is 0 Å². The van der Waals surface area contributed by atoms with Gasteiger partial charge in [-0.05, 0) is 12.8 Å². The van der Waals surface area contributed by atoms with Crippen LogP contribution in [0.2, 0.25) is 0 Å². The second kappa shape index (κ2) is 5.81. The molecular formula is C9H16ClF3O. The van der Waals surface area contributed by atoms with Crippen molar-refractivity contribution in [3.05, 3.63) is 0 Å². The summed E-state index contributed by atoms with van der Waals surface area (Å²) >= 11 is 5.71. The van der Waals surface area contributed by atoms with Gasteiger partial charge >= 0.3 is 6.18 Å². The van der Waals surface area contributed by atoms with Crippen LogP contribution in [0.1, 0.15) is 26.7 Å². The standard InChI is InChI=1S/C9H16ClF3O/c1-3-8(4-2,5-10)6-14-7-9(11,12)13/h3-7H2,1-2H3. The second-order valence-corrected chi connectivity index (χ2v) is 3.72. The van der Waals surface area contributed by atoms with Gasteiger partial charge in [-0.2, -0.15) is 13.2 Å². The zero-order valence-corrected chi connectivity index (χ0v) is 9.21. The molecule has 0 aromatic carbocycles. The maximum atomic E-state index is 11.8. The van der Waals surface area contributed by atoms with Crippen molar-refractivity contribution in [2.24, 2.45) is 5.41 Å². The van der Waals surface area contributed by atoms with Gasteiger partial charge < -0.3 is 4.74 Å². The summed E-state index contributed by atoms with van der Waals surface area (Å²) in [5.41, 5.74) is -0.313. The number of hydrogen-bond acceptors (Lipinski definition) is 1. The van der Waals surface area contributed by atoms with E-state index in [-0.39, 0.29) is 12.0 Å². The molecule has 0 aromatic heterocycles. The smallest absolute Gasteiger partial charge is 0.371 e. The van der Waals surface area contributed by atoms with Crippen molar-refractivity contribution in [2.45, 2.75) is 32.9 Å². The van der Waals surface area contributed by atoms with E-state index in [1.165, 1.54) is 0 Å². The zero-order valence-electron chi connectivity index (χ0n) is 8.46. The van der Waals surface area contributed by atoms with E-state index in [0.717, 1.165) is 12.8 Å². The van der Waals surface area contributed by atoms with Crippen LogP contribution in [-0.2, 0) is 4.74 Å². The molecule has 1 nitrogen and oxygen atoms in total. The molecule has 86 valence electrons. The summed E-state index contributed by atoms with van der Waals surface area (Å²) in [6.45, 7) is 2.69. The Labute approximate surface area is 87.6 Å². The average Bonchev–Trinajstić information content (AvgIpc) is 2.11. The van der Waals surface area contributed by atoms with E-state index in [9.17, 15) is 13.2 Å². The van der Waals surface area contributed by atoms with Crippen LogP contribution in [0.5, 0.6) is 0 Å². The van der Waals surface area contributed by atoms with Crippen LogP contribution >= 0.6 is 11.6 Å². The number of ether oxygens (including phenoxy) is 1. The van der Waals surface area contributed by atoms with Crippen molar-refractivity contribution in [2.75, 3.05) is 19.1 Å². The van der Waals surface area contributed by atoms with Crippen LogP contribution < -0.4 is 0 Å². The molecule has 0 spiro atoms. The molecule has 0 aromatic rings. The highest BCUT2D eigenvalue weighted by molar-refractivity contribution is 6.18. The highest BCUT2D eigenvalue weighted by atomic mass is 35.5. The summed E-state index contributed by atoms with van der Waals surface area (Å²) in [6.07, 6.45) is -2.80. The predicted molar refractivity (Wildman–Crippen MR) is 50.6 cm³/mol. The first-order chi connectivity index (χ1) is 6.39. The van der Waals surface area contributed by atoms with Crippen LogP contribution in [-0.4, -0.2) is 25.3 Å². The Hall–Kier alpha value is 0.0400. The Balaban J connectivity index is 3.95. The SMILES string of the molecule is CCC(CC)(CCl)COCC(F)(F)F. The molecule has 14 heavy (non-hydrogen) atoms. The summed E-state index contributed by atoms with van der Waals surface area (Å²) in [6, 6.07) is 0. The molecule has 0 saturated heterocycles. The molecular weight excluding hydrogens is 217 g/mol. The van der Waals surface area contributed by atoms with Crippen LogP contribution in [0, 0.1) is 5.41 Å². The van der Waals surface area contributed by atoms with E-state index in [4.69, 9.17) is 11.6 Å². The number of alkyl halides is 4. The predicted octanol–water partition coefficient (Wildman–Crippen LogP) is 3.61. The van der Waals surface area contributed by atoms with Crippen LogP contribution in [0.4, 0.5) is 13.2 Å². The molecule has 0 aliphatic heterocycles. The van der Waals surface area contributed by atoms with Gasteiger partial charge in [-0.25, -0.2) is 0 Å². The highest BCUT2D eigenvalue weighted by Crippen LogP contribution is 2.29. The maximum absolute atomic E-state index is 11.8. The van der Waals surface area contributed by atoms with Gasteiger partial charge in [0.2, 0.25) is 0 Å². The van der Waals surface area contributed by atoms with E-state index in [2.05, 4.69) is 4.74 Å². The Morgan fingerprint density at radius 2 is 1.57 bits per heavy atom. The van der Waals surface area contributed by atoms with Crippen molar-refractivity contribution in [3.8, 4) is 0 Å². The first-order valence-electron chi connectivity index (χ1n) is 4.59. The van der Waals surface area contributed by atoms with Crippen molar-refractivity contribution in [1.82, 2.24) is 0 Å². The normalized spacial score (nSPS) is 13.3. The molecule has 0 amide bonds. The maximum Gasteiger partial charge on any atom is 0.411 e. The topological polar surface area (TPSA) is 9.23 Å². The minimum Gasteiger partial charge on any atom is -0.371 e. The summed E-state index contributed by atoms with van der Waals surface area (Å²) in [5, 5.41) is 0. The third kappa shape index (κ3) is 5.05. The molecule has 0 heterocycles. The van der Waals surface area contributed by atoms with Crippen LogP contribution in [0.15, 0.2) is 0 Å². The van der Waals surface area contributed by atoms with E-state index < -0.39 is 12.8 Å². The van der Waals surface area contributed by atoms with Gasteiger partial charge in [0, 0.05) is 11.3 Å². The number of halogens is 4. The summed E-state index contributed by atoms with van der Waals surface area (Å²) in [5.74, 6) is 0.331.